The van der Waals surface area contributed by atoms with E-state index in [-0.39, 0.29) is 11.3 Å². The largest absolute Gasteiger partial charge is 0.478 e. The SMILES string of the molecule is O=C(O)c1ccc(NC(=O)C(CS)C(F)(F)F)cc1. The standard InChI is InChI=1S/C11H10F3NO3S/c12-11(13,14)8(5-19)9(16)15-7-3-1-6(2-4-7)10(17)18/h1-4,8,19H,5H2,(H,15,16)(H,17,18). The molecule has 0 saturated heterocycles. The first-order valence-corrected chi connectivity index (χ1v) is 5.70. The first-order chi connectivity index (χ1) is 8.75. The van der Waals surface area contributed by atoms with Crippen molar-refractivity contribution in [2.24, 2.45) is 5.92 Å². The fourth-order valence-electron chi connectivity index (χ4n) is 1.26. The number of thiol groups is 1. The van der Waals surface area contributed by atoms with Crippen molar-refractivity contribution in [3.63, 3.8) is 0 Å². The van der Waals surface area contributed by atoms with Crippen molar-refractivity contribution in [1.29, 1.82) is 0 Å². The third-order valence-electron chi connectivity index (χ3n) is 2.29. The number of carbonyl (C=O) groups is 2. The van der Waals surface area contributed by atoms with E-state index in [4.69, 9.17) is 5.11 Å². The summed E-state index contributed by atoms with van der Waals surface area (Å²) in [6, 6.07) is 4.79. The van der Waals surface area contributed by atoms with Crippen LogP contribution >= 0.6 is 12.6 Å². The number of nitrogens with one attached hydrogen (secondary N) is 1. The Hall–Kier alpha value is -1.70. The lowest BCUT2D eigenvalue weighted by Gasteiger charge is -2.17. The minimum atomic E-state index is -4.67. The molecule has 0 radical (unpaired) electrons. The quantitative estimate of drug-likeness (QED) is 0.747. The van der Waals surface area contributed by atoms with E-state index in [1.165, 1.54) is 24.3 Å². The van der Waals surface area contributed by atoms with Crippen molar-refractivity contribution in [1.82, 2.24) is 0 Å². The zero-order valence-electron chi connectivity index (χ0n) is 9.44. The molecule has 0 aromatic heterocycles. The van der Waals surface area contributed by atoms with Crippen LogP contribution in [0.1, 0.15) is 10.4 Å². The van der Waals surface area contributed by atoms with E-state index in [1.54, 1.807) is 0 Å². The van der Waals surface area contributed by atoms with Crippen molar-refractivity contribution < 1.29 is 27.9 Å². The molecule has 8 heteroatoms. The molecule has 0 aliphatic rings. The molecule has 0 aliphatic carbocycles. The molecule has 1 unspecified atom stereocenters. The minimum absolute atomic E-state index is 0.0282. The molecule has 4 nitrogen and oxygen atoms in total. The number of aromatic carboxylic acids is 1. The van der Waals surface area contributed by atoms with Crippen LogP contribution in [0.15, 0.2) is 24.3 Å². The van der Waals surface area contributed by atoms with Crippen LogP contribution in [0.3, 0.4) is 0 Å². The molecule has 1 aromatic rings. The van der Waals surface area contributed by atoms with Gasteiger partial charge < -0.3 is 10.4 Å². The van der Waals surface area contributed by atoms with Crippen LogP contribution in [-0.2, 0) is 4.79 Å². The number of rotatable bonds is 4. The van der Waals surface area contributed by atoms with Crippen LogP contribution in [0.4, 0.5) is 18.9 Å². The van der Waals surface area contributed by atoms with Crippen LogP contribution in [-0.4, -0.2) is 28.9 Å². The molecule has 0 bridgehead atoms. The third-order valence-corrected chi connectivity index (χ3v) is 2.66. The number of carboxylic acids is 1. The Labute approximate surface area is 112 Å². The molecule has 0 fully saturated rings. The lowest BCUT2D eigenvalue weighted by atomic mass is 10.1. The summed E-state index contributed by atoms with van der Waals surface area (Å²) in [6.07, 6.45) is -4.67. The van der Waals surface area contributed by atoms with Gasteiger partial charge >= 0.3 is 12.1 Å². The smallest absolute Gasteiger partial charge is 0.401 e. The van der Waals surface area contributed by atoms with Gasteiger partial charge in [-0.05, 0) is 24.3 Å². The topological polar surface area (TPSA) is 66.4 Å². The first-order valence-electron chi connectivity index (χ1n) is 5.07. The number of anilines is 1. The summed E-state index contributed by atoms with van der Waals surface area (Å²) in [4.78, 5) is 22.0. The van der Waals surface area contributed by atoms with E-state index in [0.717, 1.165) is 0 Å². The zero-order valence-corrected chi connectivity index (χ0v) is 10.3. The van der Waals surface area contributed by atoms with E-state index in [1.807, 2.05) is 0 Å². The monoisotopic (exact) mass is 293 g/mol. The maximum absolute atomic E-state index is 12.5. The molecule has 2 N–H and O–H groups in total. The minimum Gasteiger partial charge on any atom is -0.478 e. The maximum Gasteiger partial charge on any atom is 0.401 e. The van der Waals surface area contributed by atoms with Crippen LogP contribution < -0.4 is 5.32 Å². The Balaban J connectivity index is 2.79. The first kappa shape index (κ1) is 15.4. The van der Waals surface area contributed by atoms with Gasteiger partial charge in [-0.15, -0.1) is 0 Å². The van der Waals surface area contributed by atoms with Gasteiger partial charge in [0.05, 0.1) is 5.56 Å². The Bertz CT molecular complexity index is 473. The highest BCUT2D eigenvalue weighted by Gasteiger charge is 2.43. The molecule has 1 rings (SSSR count). The third kappa shape index (κ3) is 4.16. The van der Waals surface area contributed by atoms with Crippen LogP contribution in [0, 0.1) is 5.92 Å². The summed E-state index contributed by atoms with van der Waals surface area (Å²) in [5.74, 6) is -5.27. The van der Waals surface area contributed by atoms with Crippen LogP contribution in [0.25, 0.3) is 0 Å². The Morgan fingerprint density at radius 1 is 1.26 bits per heavy atom. The van der Waals surface area contributed by atoms with Crippen molar-refractivity contribution in [3.05, 3.63) is 29.8 Å². The van der Waals surface area contributed by atoms with Gasteiger partial charge in [-0.2, -0.15) is 25.8 Å². The molecule has 1 amide bonds. The highest BCUT2D eigenvalue weighted by atomic mass is 32.1. The Kier molecular flexibility index (Phi) is 4.82. The maximum atomic E-state index is 12.5. The molecule has 0 heterocycles. The summed E-state index contributed by atoms with van der Waals surface area (Å²) in [5.41, 5.74) is 0.0607. The lowest BCUT2D eigenvalue weighted by Crippen LogP contribution is -2.36. The van der Waals surface area contributed by atoms with Gasteiger partial charge in [0.15, 0.2) is 0 Å². The predicted molar refractivity (Wildman–Crippen MR) is 65.4 cm³/mol. The van der Waals surface area contributed by atoms with Gasteiger partial charge in [-0.1, -0.05) is 0 Å². The Morgan fingerprint density at radius 3 is 2.16 bits per heavy atom. The summed E-state index contributed by atoms with van der Waals surface area (Å²) >= 11 is 3.50. The van der Waals surface area contributed by atoms with Crippen molar-refractivity contribution in [2.75, 3.05) is 11.1 Å². The number of amides is 1. The van der Waals surface area contributed by atoms with E-state index < -0.39 is 29.7 Å². The van der Waals surface area contributed by atoms with Gasteiger partial charge in [-0.25, -0.2) is 4.79 Å². The molecule has 104 valence electrons. The number of hydrogen-bond donors (Lipinski definition) is 3. The molecule has 0 aliphatic heterocycles. The Morgan fingerprint density at radius 2 is 1.79 bits per heavy atom. The fourth-order valence-corrected chi connectivity index (χ4v) is 1.63. The molecule has 1 atom stereocenters. The van der Waals surface area contributed by atoms with Crippen LogP contribution in [0.2, 0.25) is 0 Å². The fraction of sp³-hybridized carbons (Fsp3) is 0.273. The zero-order chi connectivity index (χ0) is 14.6. The lowest BCUT2D eigenvalue weighted by molar-refractivity contribution is -0.174. The van der Waals surface area contributed by atoms with E-state index >= 15 is 0 Å². The normalized spacial score (nSPS) is 12.8. The van der Waals surface area contributed by atoms with Gasteiger partial charge in [0.2, 0.25) is 5.91 Å². The second-order valence-electron chi connectivity index (χ2n) is 3.65. The second kappa shape index (κ2) is 5.96. The van der Waals surface area contributed by atoms with Crippen molar-refractivity contribution >= 4 is 30.2 Å². The summed E-state index contributed by atoms with van der Waals surface area (Å²) in [5, 5.41) is 10.7. The number of alkyl halides is 3. The molecular formula is C11H10F3NO3S. The molecule has 0 spiro atoms. The summed E-state index contributed by atoms with van der Waals surface area (Å²) in [7, 11) is 0. The van der Waals surface area contributed by atoms with Gasteiger partial charge in [0.25, 0.3) is 0 Å². The van der Waals surface area contributed by atoms with E-state index in [0.29, 0.717) is 0 Å². The van der Waals surface area contributed by atoms with E-state index in [9.17, 15) is 22.8 Å². The van der Waals surface area contributed by atoms with Gasteiger partial charge in [0, 0.05) is 11.4 Å². The molecule has 1 aromatic carbocycles. The van der Waals surface area contributed by atoms with Gasteiger partial charge in [0.1, 0.15) is 5.92 Å². The van der Waals surface area contributed by atoms with Crippen LogP contribution in [0.5, 0.6) is 0 Å². The summed E-state index contributed by atoms with van der Waals surface area (Å²) in [6.45, 7) is 0. The number of carboxylic acid groups (broad SMARTS) is 1. The average molecular weight is 293 g/mol. The van der Waals surface area contributed by atoms with Crippen molar-refractivity contribution in [2.45, 2.75) is 6.18 Å². The van der Waals surface area contributed by atoms with Gasteiger partial charge in [-0.3, -0.25) is 4.79 Å². The average Bonchev–Trinajstić information content (AvgIpc) is 2.28. The second-order valence-corrected chi connectivity index (χ2v) is 4.01. The highest BCUT2D eigenvalue weighted by molar-refractivity contribution is 7.80. The molecule has 19 heavy (non-hydrogen) atoms. The number of halogens is 3. The number of hydrogen-bond acceptors (Lipinski definition) is 3. The predicted octanol–water partition coefficient (Wildman–Crippen LogP) is 2.43. The van der Waals surface area contributed by atoms with Crippen molar-refractivity contribution in [3.8, 4) is 0 Å². The summed E-state index contributed by atoms with van der Waals surface area (Å²) < 4.78 is 37.4. The molecule has 0 saturated carbocycles. The number of carbonyl (C=O) groups excluding carboxylic acids is 1. The highest BCUT2D eigenvalue weighted by Crippen LogP contribution is 2.28. The molecular weight excluding hydrogens is 283 g/mol. The van der Waals surface area contributed by atoms with E-state index in [2.05, 4.69) is 17.9 Å². The number of benzene rings is 1.